The molecule has 1 saturated carbocycles. The van der Waals surface area contributed by atoms with Gasteiger partial charge in [0, 0.05) is 28.6 Å². The third-order valence-electron chi connectivity index (χ3n) is 2.98. The largest absolute Gasteiger partial charge is 0.335 e. The van der Waals surface area contributed by atoms with E-state index in [4.69, 9.17) is 0 Å². The van der Waals surface area contributed by atoms with Crippen LogP contribution in [0.15, 0.2) is 21.5 Å². The van der Waals surface area contributed by atoms with E-state index in [1.165, 1.54) is 10.6 Å². The molecule has 17 heavy (non-hydrogen) atoms. The maximum absolute atomic E-state index is 11.9. The van der Waals surface area contributed by atoms with E-state index >= 15 is 0 Å². The molecule has 0 radical (unpaired) electrons. The van der Waals surface area contributed by atoms with Crippen LogP contribution in [0.5, 0.6) is 0 Å². The van der Waals surface area contributed by atoms with Gasteiger partial charge in [0.1, 0.15) is 0 Å². The van der Waals surface area contributed by atoms with Crippen molar-refractivity contribution in [2.45, 2.75) is 19.4 Å². The first kappa shape index (κ1) is 12.8. The van der Waals surface area contributed by atoms with Crippen molar-refractivity contribution in [2.24, 2.45) is 5.41 Å². The zero-order valence-corrected chi connectivity index (χ0v) is 12.0. The molecule has 5 nitrogen and oxygen atoms in total. The van der Waals surface area contributed by atoms with Crippen molar-refractivity contribution in [3.8, 4) is 0 Å². The normalized spacial score (nSPS) is 16.8. The molecule has 1 fully saturated rings. The summed E-state index contributed by atoms with van der Waals surface area (Å²) in [6.07, 6.45) is 3.70. The van der Waals surface area contributed by atoms with E-state index in [0.29, 0.717) is 11.0 Å². The molecular formula is C10H10Br2N2O3. The molecule has 7 heteroatoms. The molecule has 0 amide bonds. The Kier molecular flexibility index (Phi) is 3.40. The van der Waals surface area contributed by atoms with Gasteiger partial charge in [0.05, 0.1) is 4.92 Å². The van der Waals surface area contributed by atoms with E-state index in [2.05, 4.69) is 31.9 Å². The predicted octanol–water partition coefficient (Wildman–Crippen LogP) is 2.69. The molecule has 92 valence electrons. The number of halogens is 2. The predicted molar refractivity (Wildman–Crippen MR) is 70.5 cm³/mol. The number of hydrogen-bond donors (Lipinski definition) is 0. The maximum atomic E-state index is 11.9. The topological polar surface area (TPSA) is 65.1 Å². The van der Waals surface area contributed by atoms with Crippen molar-refractivity contribution in [1.82, 2.24) is 4.57 Å². The van der Waals surface area contributed by atoms with Crippen LogP contribution in [0.25, 0.3) is 0 Å². The van der Waals surface area contributed by atoms with Crippen LogP contribution >= 0.6 is 31.9 Å². The third-order valence-corrected chi connectivity index (χ3v) is 4.60. The van der Waals surface area contributed by atoms with Crippen LogP contribution in [0.3, 0.4) is 0 Å². The van der Waals surface area contributed by atoms with Gasteiger partial charge in [-0.2, -0.15) is 0 Å². The second-order valence-corrected chi connectivity index (χ2v) is 5.84. The maximum Gasteiger partial charge on any atom is 0.335 e. The molecule has 0 aromatic carbocycles. The highest BCUT2D eigenvalue weighted by Crippen LogP contribution is 2.48. The van der Waals surface area contributed by atoms with Gasteiger partial charge in [-0.1, -0.05) is 15.9 Å². The molecule has 1 aliphatic rings. The van der Waals surface area contributed by atoms with Crippen molar-refractivity contribution in [3.05, 3.63) is 37.2 Å². The molecule has 2 rings (SSSR count). The molecular weight excluding hydrogens is 356 g/mol. The number of alkyl halides is 1. The van der Waals surface area contributed by atoms with Crippen LogP contribution in [0, 0.1) is 15.5 Å². The summed E-state index contributed by atoms with van der Waals surface area (Å²) in [6.45, 7) is 0.525. The van der Waals surface area contributed by atoms with Gasteiger partial charge < -0.3 is 4.57 Å². The average Bonchev–Trinajstić information content (AvgIpc) is 3.03. The Hall–Kier alpha value is -0.690. The van der Waals surface area contributed by atoms with Crippen LogP contribution in [-0.4, -0.2) is 14.8 Å². The molecule has 1 heterocycles. The van der Waals surface area contributed by atoms with Crippen molar-refractivity contribution >= 4 is 37.5 Å². The average molecular weight is 366 g/mol. The van der Waals surface area contributed by atoms with Crippen LogP contribution in [-0.2, 0) is 6.54 Å². The molecule has 0 unspecified atom stereocenters. The lowest BCUT2D eigenvalue weighted by atomic mass is 10.1. The van der Waals surface area contributed by atoms with Gasteiger partial charge >= 0.3 is 11.2 Å². The Morgan fingerprint density at radius 1 is 1.53 bits per heavy atom. The molecule has 0 aliphatic heterocycles. The van der Waals surface area contributed by atoms with E-state index in [0.717, 1.165) is 18.2 Å². The lowest BCUT2D eigenvalue weighted by molar-refractivity contribution is -0.386. The number of nitrogens with zero attached hydrogens (tertiary/aromatic N) is 2. The summed E-state index contributed by atoms with van der Waals surface area (Å²) in [7, 11) is 0. The molecule has 1 aromatic heterocycles. The monoisotopic (exact) mass is 364 g/mol. The fourth-order valence-electron chi connectivity index (χ4n) is 1.70. The molecule has 0 saturated heterocycles. The Labute approximate surface area is 114 Å². The molecule has 1 aliphatic carbocycles. The summed E-state index contributed by atoms with van der Waals surface area (Å²) in [5.41, 5.74) is -0.825. The molecule has 0 N–H and O–H groups in total. The second-order valence-electron chi connectivity index (χ2n) is 4.37. The van der Waals surface area contributed by atoms with Crippen molar-refractivity contribution in [3.63, 3.8) is 0 Å². The summed E-state index contributed by atoms with van der Waals surface area (Å²) < 4.78 is 1.98. The molecule has 0 bridgehead atoms. The number of nitro groups is 1. The van der Waals surface area contributed by atoms with E-state index < -0.39 is 10.5 Å². The quantitative estimate of drug-likeness (QED) is 0.468. The number of aromatic nitrogens is 1. The standard InChI is InChI=1S/C10H10Br2N2O3/c11-5-10(1-2-10)6-13-4-7(12)3-8(9(13)15)14(16)17/h3-4H,1-2,5-6H2. The minimum atomic E-state index is -0.642. The minimum Gasteiger partial charge on any atom is -0.308 e. The van der Waals surface area contributed by atoms with Gasteiger partial charge in [0.25, 0.3) is 0 Å². The van der Waals surface area contributed by atoms with Gasteiger partial charge in [-0.15, -0.1) is 0 Å². The van der Waals surface area contributed by atoms with Crippen LogP contribution in [0.4, 0.5) is 5.69 Å². The summed E-state index contributed by atoms with van der Waals surface area (Å²) >= 11 is 6.61. The van der Waals surface area contributed by atoms with Crippen LogP contribution in [0.1, 0.15) is 12.8 Å². The smallest absolute Gasteiger partial charge is 0.308 e. The summed E-state index contributed by atoms with van der Waals surface area (Å²) in [5.74, 6) is 0. The minimum absolute atomic E-state index is 0.0957. The van der Waals surface area contributed by atoms with Crippen molar-refractivity contribution in [2.75, 3.05) is 5.33 Å². The first-order chi connectivity index (χ1) is 7.97. The zero-order valence-electron chi connectivity index (χ0n) is 8.86. The summed E-state index contributed by atoms with van der Waals surface area (Å²) in [5, 5.41) is 11.6. The second kappa shape index (κ2) is 4.53. The Morgan fingerprint density at radius 2 is 2.18 bits per heavy atom. The molecule has 1 aromatic rings. The Bertz CT molecular complexity index is 523. The van der Waals surface area contributed by atoms with E-state index in [1.54, 1.807) is 6.20 Å². The van der Waals surface area contributed by atoms with Crippen molar-refractivity contribution in [1.29, 1.82) is 0 Å². The highest BCUT2D eigenvalue weighted by Gasteiger charge is 2.42. The SMILES string of the molecule is O=c1c([N+](=O)[O-])cc(Br)cn1CC1(CBr)CC1. The van der Waals surface area contributed by atoms with Gasteiger partial charge in [0.15, 0.2) is 0 Å². The summed E-state index contributed by atoms with van der Waals surface area (Å²) in [4.78, 5) is 22.0. The lowest BCUT2D eigenvalue weighted by Gasteiger charge is -2.13. The zero-order chi connectivity index (χ0) is 12.6. The molecule has 0 atom stereocenters. The van der Waals surface area contributed by atoms with E-state index in [-0.39, 0.29) is 11.1 Å². The highest BCUT2D eigenvalue weighted by molar-refractivity contribution is 9.10. The third kappa shape index (κ3) is 2.60. The number of rotatable bonds is 4. The van der Waals surface area contributed by atoms with E-state index in [1.807, 2.05) is 0 Å². The number of pyridine rings is 1. The van der Waals surface area contributed by atoms with Crippen LogP contribution in [0.2, 0.25) is 0 Å². The Morgan fingerprint density at radius 3 is 2.65 bits per heavy atom. The van der Waals surface area contributed by atoms with Crippen molar-refractivity contribution < 1.29 is 4.92 Å². The highest BCUT2D eigenvalue weighted by atomic mass is 79.9. The van der Waals surface area contributed by atoms with E-state index in [9.17, 15) is 14.9 Å². The fourth-order valence-corrected chi connectivity index (χ4v) is 2.91. The van der Waals surface area contributed by atoms with Gasteiger partial charge in [0.2, 0.25) is 0 Å². The fraction of sp³-hybridized carbons (Fsp3) is 0.500. The van der Waals surface area contributed by atoms with Gasteiger partial charge in [-0.3, -0.25) is 14.9 Å². The lowest BCUT2D eigenvalue weighted by Crippen LogP contribution is -2.26. The summed E-state index contributed by atoms with van der Waals surface area (Å²) in [6, 6.07) is 1.24. The van der Waals surface area contributed by atoms with Gasteiger partial charge in [-0.25, -0.2) is 0 Å². The van der Waals surface area contributed by atoms with Gasteiger partial charge in [-0.05, 0) is 34.2 Å². The van der Waals surface area contributed by atoms with Crippen LogP contribution < -0.4 is 5.56 Å². The Balaban J connectivity index is 2.40. The number of hydrogen-bond acceptors (Lipinski definition) is 3. The first-order valence-corrected chi connectivity index (χ1v) is 6.99. The molecule has 0 spiro atoms. The first-order valence-electron chi connectivity index (χ1n) is 5.08.